The zero-order valence-electron chi connectivity index (χ0n) is 9.54. The molecule has 1 saturated heterocycles. The number of ether oxygens (including phenoxy) is 3. The first-order chi connectivity index (χ1) is 6.91. The van der Waals surface area contributed by atoms with E-state index in [4.69, 9.17) is 14.2 Å². The minimum atomic E-state index is -0.519. The maximum atomic E-state index is 11.1. The van der Waals surface area contributed by atoms with Crippen molar-refractivity contribution in [1.82, 2.24) is 0 Å². The van der Waals surface area contributed by atoms with Crippen molar-refractivity contribution < 1.29 is 19.0 Å². The molecule has 0 aromatic heterocycles. The van der Waals surface area contributed by atoms with Gasteiger partial charge >= 0.3 is 5.97 Å². The monoisotopic (exact) mass is 214 g/mol. The second-order valence-corrected chi connectivity index (χ2v) is 4.27. The van der Waals surface area contributed by atoms with Gasteiger partial charge in [-0.1, -0.05) is 6.58 Å². The molecule has 0 bridgehead atoms. The van der Waals surface area contributed by atoms with Crippen molar-refractivity contribution in [1.29, 1.82) is 0 Å². The smallest absolute Gasteiger partial charge is 0.333 e. The Morgan fingerprint density at radius 1 is 1.47 bits per heavy atom. The zero-order valence-corrected chi connectivity index (χ0v) is 9.54. The van der Waals surface area contributed by atoms with Crippen LogP contribution in [-0.4, -0.2) is 31.6 Å². The van der Waals surface area contributed by atoms with Gasteiger partial charge in [0.05, 0.1) is 19.8 Å². The van der Waals surface area contributed by atoms with Crippen LogP contribution in [-0.2, 0) is 19.0 Å². The fourth-order valence-electron chi connectivity index (χ4n) is 1.14. The van der Waals surface area contributed by atoms with E-state index < -0.39 is 5.79 Å². The van der Waals surface area contributed by atoms with Gasteiger partial charge in [-0.3, -0.25) is 0 Å². The van der Waals surface area contributed by atoms with Crippen molar-refractivity contribution in [3.8, 4) is 0 Å². The Morgan fingerprint density at radius 3 is 2.47 bits per heavy atom. The van der Waals surface area contributed by atoms with Gasteiger partial charge in [0.1, 0.15) is 0 Å². The Hall–Kier alpha value is -0.870. The van der Waals surface area contributed by atoms with Crippen LogP contribution in [0.2, 0.25) is 0 Å². The maximum absolute atomic E-state index is 11.1. The predicted octanol–water partition coefficient (Wildman–Crippen LogP) is 1.50. The van der Waals surface area contributed by atoms with E-state index in [-0.39, 0.29) is 11.9 Å². The maximum Gasteiger partial charge on any atom is 0.333 e. The molecule has 0 N–H and O–H groups in total. The molecule has 1 fully saturated rings. The van der Waals surface area contributed by atoms with E-state index >= 15 is 0 Å². The Bertz CT molecular complexity index is 247. The second-order valence-electron chi connectivity index (χ2n) is 4.27. The summed E-state index contributed by atoms with van der Waals surface area (Å²) in [6.07, 6.45) is 0. The largest absolute Gasteiger partial charge is 0.462 e. The number of carbonyl (C=O) groups excluding carboxylic acids is 1. The predicted molar refractivity (Wildman–Crippen MR) is 55.2 cm³/mol. The summed E-state index contributed by atoms with van der Waals surface area (Å²) in [5.74, 6) is -0.768. The van der Waals surface area contributed by atoms with E-state index in [0.717, 1.165) is 0 Å². The third-order valence-electron chi connectivity index (χ3n) is 2.13. The van der Waals surface area contributed by atoms with Gasteiger partial charge < -0.3 is 14.2 Å². The van der Waals surface area contributed by atoms with Crippen molar-refractivity contribution in [3.63, 3.8) is 0 Å². The lowest BCUT2D eigenvalue weighted by Crippen LogP contribution is -2.41. The average molecular weight is 214 g/mol. The van der Waals surface area contributed by atoms with Crippen LogP contribution in [0.15, 0.2) is 12.2 Å². The van der Waals surface area contributed by atoms with Gasteiger partial charge in [-0.2, -0.15) is 0 Å². The van der Waals surface area contributed by atoms with Gasteiger partial charge in [0.25, 0.3) is 0 Å². The highest BCUT2D eigenvalue weighted by Gasteiger charge is 2.28. The molecule has 0 amide bonds. The highest BCUT2D eigenvalue weighted by Crippen LogP contribution is 2.20. The molecule has 1 rings (SSSR count). The van der Waals surface area contributed by atoms with Gasteiger partial charge in [0.15, 0.2) is 5.79 Å². The molecular formula is C11H18O4. The molecule has 0 aromatic carbocycles. The van der Waals surface area contributed by atoms with Crippen LogP contribution in [0, 0.1) is 5.92 Å². The molecule has 1 aliphatic heterocycles. The average Bonchev–Trinajstić information content (AvgIpc) is 2.15. The Balaban J connectivity index is 2.25. The van der Waals surface area contributed by atoms with Gasteiger partial charge in [-0.15, -0.1) is 0 Å². The number of hydrogen-bond donors (Lipinski definition) is 0. The summed E-state index contributed by atoms with van der Waals surface area (Å²) in [5.41, 5.74) is 0.410. The minimum absolute atomic E-state index is 0.112. The quantitative estimate of drug-likeness (QED) is 0.527. The molecule has 0 aromatic rings. The zero-order chi connectivity index (χ0) is 11.5. The van der Waals surface area contributed by atoms with Gasteiger partial charge in [0, 0.05) is 11.5 Å². The third-order valence-corrected chi connectivity index (χ3v) is 2.13. The first-order valence-electron chi connectivity index (χ1n) is 5.01. The van der Waals surface area contributed by atoms with E-state index in [2.05, 4.69) is 6.58 Å². The first kappa shape index (κ1) is 12.2. The van der Waals surface area contributed by atoms with Crippen molar-refractivity contribution in [2.24, 2.45) is 5.92 Å². The Morgan fingerprint density at radius 2 is 2.00 bits per heavy atom. The molecule has 0 aliphatic carbocycles. The normalized spacial score (nSPS) is 21.0. The number of carbonyl (C=O) groups is 1. The summed E-state index contributed by atoms with van der Waals surface area (Å²) in [6, 6.07) is 0. The van der Waals surface area contributed by atoms with Gasteiger partial charge in [-0.25, -0.2) is 4.79 Å². The topological polar surface area (TPSA) is 44.8 Å². The Labute approximate surface area is 90.2 Å². The molecule has 0 atom stereocenters. The summed E-state index contributed by atoms with van der Waals surface area (Å²) >= 11 is 0. The van der Waals surface area contributed by atoms with Crippen LogP contribution in [0.25, 0.3) is 0 Å². The van der Waals surface area contributed by atoms with E-state index in [0.29, 0.717) is 25.4 Å². The summed E-state index contributed by atoms with van der Waals surface area (Å²) in [6.45, 7) is 10.3. The summed E-state index contributed by atoms with van der Waals surface area (Å²) < 4.78 is 15.9. The third kappa shape index (κ3) is 4.01. The van der Waals surface area contributed by atoms with Crippen molar-refractivity contribution in [2.75, 3.05) is 19.8 Å². The van der Waals surface area contributed by atoms with Crippen LogP contribution in [0.5, 0.6) is 0 Å². The van der Waals surface area contributed by atoms with E-state index in [1.165, 1.54) is 0 Å². The van der Waals surface area contributed by atoms with Crippen LogP contribution < -0.4 is 0 Å². The van der Waals surface area contributed by atoms with Crippen molar-refractivity contribution in [2.45, 2.75) is 26.6 Å². The lowest BCUT2D eigenvalue weighted by molar-refractivity contribution is -0.265. The standard InChI is InChI=1S/C11H18O4/c1-8(2)10(12)13-5-9-6-14-11(3,4)15-7-9/h9H,1,5-7H2,2-4H3. The first-order valence-corrected chi connectivity index (χ1v) is 5.01. The van der Waals surface area contributed by atoms with E-state index in [1.807, 2.05) is 13.8 Å². The fourth-order valence-corrected chi connectivity index (χ4v) is 1.14. The summed E-state index contributed by atoms with van der Waals surface area (Å²) in [7, 11) is 0. The van der Waals surface area contributed by atoms with Crippen molar-refractivity contribution in [3.05, 3.63) is 12.2 Å². The highest BCUT2D eigenvalue weighted by molar-refractivity contribution is 5.86. The SMILES string of the molecule is C=C(C)C(=O)OCC1COC(C)(C)OC1. The van der Waals surface area contributed by atoms with Gasteiger partial charge in [0.2, 0.25) is 0 Å². The lowest BCUT2D eigenvalue weighted by Gasteiger charge is -2.34. The molecule has 15 heavy (non-hydrogen) atoms. The molecule has 4 heteroatoms. The van der Waals surface area contributed by atoms with Crippen LogP contribution in [0.3, 0.4) is 0 Å². The second kappa shape index (κ2) is 4.77. The van der Waals surface area contributed by atoms with Crippen LogP contribution in [0.1, 0.15) is 20.8 Å². The molecule has 4 nitrogen and oxygen atoms in total. The molecule has 1 heterocycles. The van der Waals surface area contributed by atoms with Crippen LogP contribution >= 0.6 is 0 Å². The minimum Gasteiger partial charge on any atom is -0.462 e. The lowest BCUT2D eigenvalue weighted by atomic mass is 10.1. The van der Waals surface area contributed by atoms with Crippen LogP contribution in [0.4, 0.5) is 0 Å². The summed E-state index contributed by atoms with van der Waals surface area (Å²) in [4.78, 5) is 11.1. The van der Waals surface area contributed by atoms with Crippen molar-refractivity contribution >= 4 is 5.97 Å². The summed E-state index contributed by atoms with van der Waals surface area (Å²) in [5, 5.41) is 0. The fraction of sp³-hybridized carbons (Fsp3) is 0.727. The molecule has 86 valence electrons. The van der Waals surface area contributed by atoms with E-state index in [1.54, 1.807) is 6.92 Å². The highest BCUT2D eigenvalue weighted by atomic mass is 16.7. The number of hydrogen-bond acceptors (Lipinski definition) is 4. The molecule has 0 saturated carbocycles. The number of esters is 1. The molecular weight excluding hydrogens is 196 g/mol. The molecule has 0 radical (unpaired) electrons. The number of rotatable bonds is 3. The Kier molecular flexibility index (Phi) is 3.88. The van der Waals surface area contributed by atoms with Gasteiger partial charge in [-0.05, 0) is 20.8 Å². The molecule has 1 aliphatic rings. The van der Waals surface area contributed by atoms with E-state index in [9.17, 15) is 4.79 Å². The molecule has 0 unspecified atom stereocenters. The molecule has 0 spiro atoms.